The topological polar surface area (TPSA) is 29.3 Å². The van der Waals surface area contributed by atoms with Crippen molar-refractivity contribution in [2.75, 3.05) is 20.1 Å². The van der Waals surface area contributed by atoms with Gasteiger partial charge >= 0.3 is 0 Å². The first-order chi connectivity index (χ1) is 9.29. The second kappa shape index (κ2) is 5.32. The van der Waals surface area contributed by atoms with E-state index in [0.29, 0.717) is 12.0 Å². The minimum atomic E-state index is 0.475. The molecule has 100 valence electrons. The normalized spacial score (nSPS) is 24.7. The van der Waals surface area contributed by atoms with E-state index in [-0.39, 0.29) is 0 Å². The van der Waals surface area contributed by atoms with Crippen LogP contribution in [0.15, 0.2) is 42.5 Å². The van der Waals surface area contributed by atoms with Gasteiger partial charge in [-0.05, 0) is 61.3 Å². The standard InChI is InChI=1S/C17H22N2/c1-19-10-4-7-16(12-18)17(19)15-9-8-13-5-2-3-6-14(13)11-15/h2-3,5-6,8-9,11,16-17H,4,7,10,12,18H2,1H3. The van der Waals surface area contributed by atoms with Crippen LogP contribution < -0.4 is 5.73 Å². The first kappa shape index (κ1) is 12.6. The van der Waals surface area contributed by atoms with E-state index in [0.717, 1.165) is 6.54 Å². The summed E-state index contributed by atoms with van der Waals surface area (Å²) in [6.45, 7) is 1.95. The van der Waals surface area contributed by atoms with E-state index in [4.69, 9.17) is 5.73 Å². The maximum atomic E-state index is 5.98. The Labute approximate surface area is 115 Å². The number of nitrogens with zero attached hydrogens (tertiary/aromatic N) is 1. The number of piperidine rings is 1. The number of nitrogens with two attached hydrogens (primary N) is 1. The summed E-state index contributed by atoms with van der Waals surface area (Å²) in [7, 11) is 2.22. The van der Waals surface area contributed by atoms with Gasteiger partial charge in [0.2, 0.25) is 0 Å². The molecule has 2 atom stereocenters. The third kappa shape index (κ3) is 2.38. The van der Waals surface area contributed by atoms with Crippen LogP contribution in [0.25, 0.3) is 10.8 Å². The molecule has 1 aliphatic rings. The number of benzene rings is 2. The fourth-order valence-corrected chi connectivity index (χ4v) is 3.42. The van der Waals surface area contributed by atoms with Crippen molar-refractivity contribution in [3.8, 4) is 0 Å². The summed E-state index contributed by atoms with van der Waals surface area (Å²) < 4.78 is 0. The molecule has 0 radical (unpaired) electrons. The number of hydrogen-bond donors (Lipinski definition) is 1. The summed E-state index contributed by atoms with van der Waals surface area (Å²) in [6.07, 6.45) is 2.51. The summed E-state index contributed by atoms with van der Waals surface area (Å²) in [6, 6.07) is 15.9. The first-order valence-electron chi connectivity index (χ1n) is 7.18. The molecule has 0 aromatic heterocycles. The van der Waals surface area contributed by atoms with E-state index >= 15 is 0 Å². The number of fused-ring (bicyclic) bond motifs is 1. The molecule has 0 saturated carbocycles. The predicted molar refractivity (Wildman–Crippen MR) is 81.1 cm³/mol. The van der Waals surface area contributed by atoms with E-state index in [1.165, 1.54) is 35.7 Å². The molecule has 2 aromatic rings. The quantitative estimate of drug-likeness (QED) is 0.892. The molecular weight excluding hydrogens is 232 g/mol. The Morgan fingerprint density at radius 3 is 2.74 bits per heavy atom. The average molecular weight is 254 g/mol. The molecule has 2 N–H and O–H groups in total. The van der Waals surface area contributed by atoms with Gasteiger partial charge in [0.15, 0.2) is 0 Å². The molecule has 2 aromatic carbocycles. The highest BCUT2D eigenvalue weighted by Gasteiger charge is 2.29. The molecule has 0 amide bonds. The highest BCUT2D eigenvalue weighted by Crippen LogP contribution is 2.35. The summed E-state index contributed by atoms with van der Waals surface area (Å²) in [4.78, 5) is 2.46. The Kier molecular flexibility index (Phi) is 3.54. The Morgan fingerprint density at radius 1 is 1.16 bits per heavy atom. The van der Waals surface area contributed by atoms with Gasteiger partial charge in [-0.2, -0.15) is 0 Å². The molecule has 2 unspecified atom stereocenters. The van der Waals surface area contributed by atoms with Gasteiger partial charge in [0.1, 0.15) is 0 Å². The average Bonchev–Trinajstić information content (AvgIpc) is 2.46. The second-order valence-corrected chi connectivity index (χ2v) is 5.67. The lowest BCUT2D eigenvalue weighted by Crippen LogP contribution is -2.39. The van der Waals surface area contributed by atoms with Gasteiger partial charge in [-0.15, -0.1) is 0 Å². The van der Waals surface area contributed by atoms with Crippen molar-refractivity contribution in [2.24, 2.45) is 11.7 Å². The molecule has 1 heterocycles. The number of likely N-dealkylation sites (tertiary alicyclic amines) is 1. The van der Waals surface area contributed by atoms with Crippen LogP contribution in [-0.2, 0) is 0 Å². The maximum Gasteiger partial charge on any atom is 0.0385 e. The SMILES string of the molecule is CN1CCCC(CN)C1c1ccc2ccccc2c1. The molecular formula is C17H22N2. The fourth-order valence-electron chi connectivity index (χ4n) is 3.42. The van der Waals surface area contributed by atoms with Crippen molar-refractivity contribution in [2.45, 2.75) is 18.9 Å². The van der Waals surface area contributed by atoms with Crippen molar-refractivity contribution in [3.05, 3.63) is 48.0 Å². The lowest BCUT2D eigenvalue weighted by atomic mass is 9.84. The Bertz CT molecular complexity index is 564. The molecule has 19 heavy (non-hydrogen) atoms. The van der Waals surface area contributed by atoms with Crippen LogP contribution >= 0.6 is 0 Å². The predicted octanol–water partition coefficient (Wildman–Crippen LogP) is 3.18. The lowest BCUT2D eigenvalue weighted by Gasteiger charge is -2.39. The zero-order valence-corrected chi connectivity index (χ0v) is 11.5. The molecule has 0 aliphatic carbocycles. The van der Waals surface area contributed by atoms with E-state index in [2.05, 4.69) is 54.4 Å². The largest absolute Gasteiger partial charge is 0.330 e. The second-order valence-electron chi connectivity index (χ2n) is 5.67. The van der Waals surface area contributed by atoms with Gasteiger partial charge < -0.3 is 5.73 Å². The minimum absolute atomic E-state index is 0.475. The van der Waals surface area contributed by atoms with Crippen LogP contribution in [0.3, 0.4) is 0 Å². The molecule has 2 heteroatoms. The van der Waals surface area contributed by atoms with Crippen molar-refractivity contribution in [1.29, 1.82) is 0 Å². The van der Waals surface area contributed by atoms with Crippen molar-refractivity contribution < 1.29 is 0 Å². The first-order valence-corrected chi connectivity index (χ1v) is 7.18. The van der Waals surface area contributed by atoms with Gasteiger partial charge in [-0.3, -0.25) is 4.90 Å². The third-order valence-corrected chi connectivity index (χ3v) is 4.42. The van der Waals surface area contributed by atoms with E-state index < -0.39 is 0 Å². The van der Waals surface area contributed by atoms with E-state index in [1.54, 1.807) is 0 Å². The molecule has 0 spiro atoms. The lowest BCUT2D eigenvalue weighted by molar-refractivity contribution is 0.125. The Morgan fingerprint density at radius 2 is 1.95 bits per heavy atom. The highest BCUT2D eigenvalue weighted by molar-refractivity contribution is 5.83. The van der Waals surface area contributed by atoms with E-state index in [1.807, 2.05) is 0 Å². The van der Waals surface area contributed by atoms with Crippen LogP contribution in [-0.4, -0.2) is 25.0 Å². The molecule has 1 saturated heterocycles. The van der Waals surface area contributed by atoms with Crippen LogP contribution in [0, 0.1) is 5.92 Å². The van der Waals surface area contributed by atoms with Gasteiger partial charge in [0.05, 0.1) is 0 Å². The maximum absolute atomic E-state index is 5.98. The Balaban J connectivity index is 2.01. The monoisotopic (exact) mass is 254 g/mol. The number of rotatable bonds is 2. The van der Waals surface area contributed by atoms with Crippen molar-refractivity contribution in [3.63, 3.8) is 0 Å². The zero-order valence-electron chi connectivity index (χ0n) is 11.5. The van der Waals surface area contributed by atoms with Crippen LogP contribution in [0.1, 0.15) is 24.4 Å². The van der Waals surface area contributed by atoms with E-state index in [9.17, 15) is 0 Å². The minimum Gasteiger partial charge on any atom is -0.330 e. The van der Waals surface area contributed by atoms with Gasteiger partial charge in [-0.1, -0.05) is 36.4 Å². The molecule has 2 nitrogen and oxygen atoms in total. The molecule has 1 fully saturated rings. The molecule has 3 rings (SSSR count). The van der Waals surface area contributed by atoms with Gasteiger partial charge in [0.25, 0.3) is 0 Å². The number of hydrogen-bond acceptors (Lipinski definition) is 2. The third-order valence-electron chi connectivity index (χ3n) is 4.42. The summed E-state index contributed by atoms with van der Waals surface area (Å²) in [5.41, 5.74) is 7.39. The summed E-state index contributed by atoms with van der Waals surface area (Å²) in [5.74, 6) is 0.583. The van der Waals surface area contributed by atoms with Crippen molar-refractivity contribution >= 4 is 10.8 Å². The van der Waals surface area contributed by atoms with Crippen LogP contribution in [0.2, 0.25) is 0 Å². The molecule has 0 bridgehead atoms. The van der Waals surface area contributed by atoms with Crippen molar-refractivity contribution in [1.82, 2.24) is 4.90 Å². The zero-order chi connectivity index (χ0) is 13.2. The highest BCUT2D eigenvalue weighted by atomic mass is 15.1. The van der Waals surface area contributed by atoms with Crippen LogP contribution in [0.4, 0.5) is 0 Å². The smallest absolute Gasteiger partial charge is 0.0385 e. The van der Waals surface area contributed by atoms with Gasteiger partial charge in [-0.25, -0.2) is 0 Å². The van der Waals surface area contributed by atoms with Crippen LogP contribution in [0.5, 0.6) is 0 Å². The van der Waals surface area contributed by atoms with Gasteiger partial charge in [0, 0.05) is 6.04 Å². The summed E-state index contributed by atoms with van der Waals surface area (Å²) >= 11 is 0. The Hall–Kier alpha value is -1.38. The molecule has 1 aliphatic heterocycles. The summed E-state index contributed by atoms with van der Waals surface area (Å²) in [5, 5.41) is 2.64. The fraction of sp³-hybridized carbons (Fsp3) is 0.412.